The molecule has 0 saturated heterocycles. The number of nitrogens with one attached hydrogen (secondary N) is 1. The molecule has 1 N–H and O–H groups in total. The third-order valence-corrected chi connectivity index (χ3v) is 2.86. The highest BCUT2D eigenvalue weighted by atomic mass is 16.5. The van der Waals surface area contributed by atoms with E-state index >= 15 is 0 Å². The van der Waals surface area contributed by atoms with Gasteiger partial charge >= 0.3 is 0 Å². The van der Waals surface area contributed by atoms with Crippen LogP contribution in [0.4, 0.5) is 0 Å². The second-order valence-electron chi connectivity index (χ2n) is 4.40. The Balaban J connectivity index is 2.14. The summed E-state index contributed by atoms with van der Waals surface area (Å²) in [7, 11) is 3.72. The minimum absolute atomic E-state index is 0.770. The molecular weight excluding hydrogens is 226 g/mol. The molecule has 0 fully saturated rings. The topological polar surface area (TPSA) is 30.5 Å². The van der Waals surface area contributed by atoms with Crippen LogP contribution < -0.4 is 10.1 Å². The van der Waals surface area contributed by atoms with Crippen molar-refractivity contribution in [3.63, 3.8) is 0 Å². The van der Waals surface area contributed by atoms with Gasteiger partial charge in [-0.3, -0.25) is 0 Å². The van der Waals surface area contributed by atoms with Gasteiger partial charge in [0.1, 0.15) is 5.75 Å². The molecule has 0 radical (unpaired) electrons. The van der Waals surface area contributed by atoms with E-state index in [1.54, 1.807) is 7.11 Å². The smallest absolute Gasteiger partial charge is 0.119 e. The van der Waals surface area contributed by atoms with Gasteiger partial charge in [-0.05, 0) is 57.0 Å². The van der Waals surface area contributed by atoms with Crippen LogP contribution in [0.15, 0.2) is 24.3 Å². The van der Waals surface area contributed by atoms with Crippen molar-refractivity contribution in [3.8, 4) is 5.75 Å². The first-order valence-corrected chi connectivity index (χ1v) is 6.72. The highest BCUT2D eigenvalue weighted by Crippen LogP contribution is 2.13. The highest BCUT2D eigenvalue weighted by Gasteiger charge is 1.96. The van der Waals surface area contributed by atoms with E-state index in [1.807, 2.05) is 19.2 Å². The van der Waals surface area contributed by atoms with Gasteiger partial charge in [0.15, 0.2) is 0 Å². The Hall–Kier alpha value is -1.06. The number of unbranched alkanes of at least 4 members (excludes halogenated alkanes) is 2. The van der Waals surface area contributed by atoms with Gasteiger partial charge in [-0.2, -0.15) is 0 Å². The summed E-state index contributed by atoms with van der Waals surface area (Å²) in [6, 6.07) is 8.29. The van der Waals surface area contributed by atoms with Gasteiger partial charge in [-0.1, -0.05) is 12.1 Å². The fourth-order valence-electron chi connectivity index (χ4n) is 1.74. The number of hydrogen-bond acceptors (Lipinski definition) is 3. The predicted molar refractivity (Wildman–Crippen MR) is 75.3 cm³/mol. The minimum atomic E-state index is 0.770. The lowest BCUT2D eigenvalue weighted by Gasteiger charge is -2.07. The van der Waals surface area contributed by atoms with Gasteiger partial charge in [0.2, 0.25) is 0 Å². The molecule has 1 aromatic rings. The Bertz CT molecular complexity index is 298. The molecule has 0 atom stereocenters. The quantitative estimate of drug-likeness (QED) is 0.648. The van der Waals surface area contributed by atoms with Crippen LogP contribution in [0.25, 0.3) is 0 Å². The van der Waals surface area contributed by atoms with Gasteiger partial charge < -0.3 is 14.8 Å². The van der Waals surface area contributed by atoms with Gasteiger partial charge in [0, 0.05) is 7.11 Å². The first kappa shape index (κ1) is 15.0. The van der Waals surface area contributed by atoms with Crippen LogP contribution in [0.5, 0.6) is 5.75 Å². The lowest BCUT2D eigenvalue weighted by molar-refractivity contribution is 0.202. The molecular formula is C15H25NO2. The molecule has 0 bridgehead atoms. The second-order valence-corrected chi connectivity index (χ2v) is 4.40. The predicted octanol–water partition coefficient (Wildman–Crippen LogP) is 2.64. The summed E-state index contributed by atoms with van der Waals surface area (Å²) in [5.74, 6) is 0.963. The van der Waals surface area contributed by atoms with Crippen molar-refractivity contribution < 1.29 is 9.47 Å². The molecule has 3 heteroatoms. The first-order chi connectivity index (χ1) is 8.86. The van der Waals surface area contributed by atoms with Crippen molar-refractivity contribution in [2.75, 3.05) is 33.9 Å². The molecule has 0 spiro atoms. The normalized spacial score (nSPS) is 10.6. The van der Waals surface area contributed by atoms with E-state index in [1.165, 1.54) is 18.4 Å². The number of benzene rings is 1. The summed E-state index contributed by atoms with van der Waals surface area (Å²) in [6.45, 7) is 2.67. The van der Waals surface area contributed by atoms with Crippen molar-refractivity contribution in [1.82, 2.24) is 5.32 Å². The number of methoxy groups -OCH3 is 1. The second kappa shape index (κ2) is 9.92. The monoisotopic (exact) mass is 251 g/mol. The van der Waals surface area contributed by atoms with Gasteiger partial charge in [0.25, 0.3) is 0 Å². The number of hydrogen-bond donors (Lipinski definition) is 1. The molecule has 18 heavy (non-hydrogen) atoms. The lowest BCUT2D eigenvalue weighted by atomic mass is 10.1. The average molecular weight is 251 g/mol. The van der Waals surface area contributed by atoms with Crippen LogP contribution in [-0.2, 0) is 11.2 Å². The molecule has 1 rings (SSSR count). The molecule has 0 amide bonds. The summed E-state index contributed by atoms with van der Waals surface area (Å²) in [6.07, 6.45) is 4.51. The summed E-state index contributed by atoms with van der Waals surface area (Å²) < 4.78 is 10.7. The lowest BCUT2D eigenvalue weighted by Crippen LogP contribution is -2.07. The third kappa shape index (κ3) is 6.62. The Morgan fingerprint density at radius 1 is 1.00 bits per heavy atom. The van der Waals surface area contributed by atoms with E-state index in [0.29, 0.717) is 0 Å². The number of rotatable bonds is 10. The maximum atomic E-state index is 5.69. The minimum Gasteiger partial charge on any atom is -0.494 e. The maximum absolute atomic E-state index is 5.69. The molecule has 3 nitrogen and oxygen atoms in total. The Kier molecular flexibility index (Phi) is 8.26. The van der Waals surface area contributed by atoms with Crippen LogP contribution in [0.2, 0.25) is 0 Å². The van der Waals surface area contributed by atoms with Gasteiger partial charge in [-0.15, -0.1) is 0 Å². The molecule has 0 unspecified atom stereocenters. The van der Waals surface area contributed by atoms with E-state index in [0.717, 1.165) is 38.3 Å². The molecule has 102 valence electrons. The van der Waals surface area contributed by atoms with Crippen LogP contribution in [0, 0.1) is 0 Å². The van der Waals surface area contributed by atoms with E-state index in [4.69, 9.17) is 9.47 Å². The molecule has 0 heterocycles. The highest BCUT2D eigenvalue weighted by molar-refractivity contribution is 5.27. The zero-order valence-electron chi connectivity index (χ0n) is 11.6. The van der Waals surface area contributed by atoms with Crippen molar-refractivity contribution in [2.45, 2.75) is 25.7 Å². The van der Waals surface area contributed by atoms with E-state index in [2.05, 4.69) is 17.4 Å². The summed E-state index contributed by atoms with van der Waals surface area (Å²) in [4.78, 5) is 0. The van der Waals surface area contributed by atoms with E-state index < -0.39 is 0 Å². The van der Waals surface area contributed by atoms with E-state index in [9.17, 15) is 0 Å². The third-order valence-electron chi connectivity index (χ3n) is 2.86. The largest absolute Gasteiger partial charge is 0.494 e. The molecule has 0 aliphatic rings. The van der Waals surface area contributed by atoms with Crippen molar-refractivity contribution in [2.24, 2.45) is 0 Å². The standard InChI is InChI=1S/C15H25NO2/c1-16-11-4-3-5-12-18-15-8-6-14(7-9-15)10-13-17-2/h6-9,16H,3-5,10-13H2,1-2H3. The summed E-state index contributed by atoms with van der Waals surface area (Å²) >= 11 is 0. The van der Waals surface area contributed by atoms with Crippen LogP contribution >= 0.6 is 0 Å². The SMILES string of the molecule is CNCCCCCOc1ccc(CCOC)cc1. The molecule has 1 aromatic carbocycles. The molecule has 0 aliphatic carbocycles. The van der Waals surface area contributed by atoms with Crippen LogP contribution in [0.1, 0.15) is 24.8 Å². The first-order valence-electron chi connectivity index (χ1n) is 6.72. The van der Waals surface area contributed by atoms with Crippen molar-refractivity contribution in [1.29, 1.82) is 0 Å². The van der Waals surface area contributed by atoms with Crippen molar-refractivity contribution in [3.05, 3.63) is 29.8 Å². The molecule has 0 aliphatic heterocycles. The van der Waals surface area contributed by atoms with Crippen molar-refractivity contribution >= 4 is 0 Å². The Morgan fingerprint density at radius 3 is 2.44 bits per heavy atom. The Labute approximate surface area is 110 Å². The maximum Gasteiger partial charge on any atom is 0.119 e. The summed E-state index contributed by atoms with van der Waals surface area (Å²) in [5, 5.41) is 3.15. The zero-order chi connectivity index (χ0) is 13.1. The van der Waals surface area contributed by atoms with Gasteiger partial charge in [0.05, 0.1) is 13.2 Å². The fraction of sp³-hybridized carbons (Fsp3) is 0.600. The Morgan fingerprint density at radius 2 is 1.78 bits per heavy atom. The van der Waals surface area contributed by atoms with Crippen LogP contribution in [0.3, 0.4) is 0 Å². The molecule has 0 saturated carbocycles. The number of ether oxygens (including phenoxy) is 2. The van der Waals surface area contributed by atoms with E-state index in [-0.39, 0.29) is 0 Å². The zero-order valence-corrected chi connectivity index (χ0v) is 11.6. The average Bonchev–Trinajstić information content (AvgIpc) is 2.42. The molecule has 0 aromatic heterocycles. The summed E-state index contributed by atoms with van der Waals surface area (Å²) in [5.41, 5.74) is 1.29. The van der Waals surface area contributed by atoms with Gasteiger partial charge in [-0.25, -0.2) is 0 Å². The van der Waals surface area contributed by atoms with Crippen LogP contribution in [-0.4, -0.2) is 33.9 Å². The fourth-order valence-corrected chi connectivity index (χ4v) is 1.74.